The van der Waals surface area contributed by atoms with E-state index < -0.39 is 0 Å². The molecule has 0 saturated carbocycles. The third-order valence-corrected chi connectivity index (χ3v) is 1.76. The van der Waals surface area contributed by atoms with Crippen molar-refractivity contribution in [2.24, 2.45) is 5.41 Å². The molecule has 1 heterocycles. The Morgan fingerprint density at radius 1 is 1.50 bits per heavy atom. The van der Waals surface area contributed by atoms with E-state index in [1.807, 2.05) is 0 Å². The highest BCUT2D eigenvalue weighted by molar-refractivity contribution is 6.28. The minimum Gasteiger partial charge on any atom is -0.394 e. The van der Waals surface area contributed by atoms with Gasteiger partial charge < -0.3 is 11.1 Å². The largest absolute Gasteiger partial charge is 0.394 e. The Morgan fingerprint density at radius 2 is 2.14 bits per heavy atom. The van der Waals surface area contributed by atoms with E-state index in [1.165, 1.54) is 6.20 Å². The number of hydrogen-bond acceptors (Lipinski definition) is 4. The Kier molecular flexibility index (Phi) is 3.16. The maximum atomic E-state index is 5.67. The van der Waals surface area contributed by atoms with Crippen LogP contribution in [0.2, 0.25) is 5.28 Å². The van der Waals surface area contributed by atoms with Crippen molar-refractivity contribution < 1.29 is 0 Å². The number of nitrogens with zero attached hydrogens (tertiary/aromatic N) is 2. The van der Waals surface area contributed by atoms with E-state index in [-0.39, 0.29) is 10.7 Å². The Labute approximate surface area is 88.9 Å². The monoisotopic (exact) mass is 214 g/mol. The highest BCUT2D eigenvalue weighted by Crippen LogP contribution is 2.19. The number of halogens is 1. The smallest absolute Gasteiger partial charge is 0.224 e. The summed E-state index contributed by atoms with van der Waals surface area (Å²) in [7, 11) is 0. The molecule has 0 atom stereocenters. The standard InChI is InChI=1S/C9H15ClN4/c1-9(2,3)5-13-7-6(11)4-12-8(10)14-7/h4H,5,11H2,1-3H3,(H,12,13,14). The molecule has 1 aromatic heterocycles. The molecule has 3 N–H and O–H groups in total. The van der Waals surface area contributed by atoms with Gasteiger partial charge in [-0.05, 0) is 17.0 Å². The van der Waals surface area contributed by atoms with Crippen LogP contribution in [-0.4, -0.2) is 16.5 Å². The van der Waals surface area contributed by atoms with Crippen LogP contribution in [0.4, 0.5) is 11.5 Å². The molecular weight excluding hydrogens is 200 g/mol. The molecule has 1 rings (SSSR count). The van der Waals surface area contributed by atoms with Gasteiger partial charge in [0.2, 0.25) is 5.28 Å². The molecule has 0 radical (unpaired) electrons. The predicted molar refractivity (Wildman–Crippen MR) is 59.4 cm³/mol. The van der Waals surface area contributed by atoms with E-state index in [1.54, 1.807) is 0 Å². The quantitative estimate of drug-likeness (QED) is 0.741. The molecule has 1 aromatic rings. The van der Waals surface area contributed by atoms with Gasteiger partial charge in [0.15, 0.2) is 5.82 Å². The first-order valence-corrected chi connectivity index (χ1v) is 4.78. The zero-order valence-corrected chi connectivity index (χ0v) is 9.39. The second-order valence-corrected chi connectivity index (χ2v) is 4.70. The van der Waals surface area contributed by atoms with E-state index in [2.05, 4.69) is 36.1 Å². The SMILES string of the molecule is CC(C)(C)CNc1nc(Cl)ncc1N. The van der Waals surface area contributed by atoms with Crippen LogP contribution in [0.25, 0.3) is 0 Å². The van der Waals surface area contributed by atoms with Crippen LogP contribution in [0.3, 0.4) is 0 Å². The molecule has 0 spiro atoms. The van der Waals surface area contributed by atoms with Crippen LogP contribution in [-0.2, 0) is 0 Å². The third-order valence-electron chi connectivity index (χ3n) is 1.57. The van der Waals surface area contributed by atoms with Crippen LogP contribution >= 0.6 is 11.6 Å². The van der Waals surface area contributed by atoms with Crippen molar-refractivity contribution in [2.75, 3.05) is 17.6 Å². The van der Waals surface area contributed by atoms with Crippen molar-refractivity contribution in [3.8, 4) is 0 Å². The van der Waals surface area contributed by atoms with Crippen molar-refractivity contribution in [1.29, 1.82) is 0 Å². The molecule has 78 valence electrons. The summed E-state index contributed by atoms with van der Waals surface area (Å²) in [5.41, 5.74) is 6.36. The summed E-state index contributed by atoms with van der Waals surface area (Å²) < 4.78 is 0. The van der Waals surface area contributed by atoms with Crippen molar-refractivity contribution >= 4 is 23.1 Å². The zero-order chi connectivity index (χ0) is 10.8. The van der Waals surface area contributed by atoms with Gasteiger partial charge in [-0.25, -0.2) is 4.98 Å². The Hall–Kier alpha value is -1.03. The summed E-state index contributed by atoms with van der Waals surface area (Å²) in [5.74, 6) is 0.597. The van der Waals surface area contributed by atoms with Gasteiger partial charge in [-0.15, -0.1) is 0 Å². The molecule has 0 fully saturated rings. The van der Waals surface area contributed by atoms with Crippen LogP contribution < -0.4 is 11.1 Å². The summed E-state index contributed by atoms with van der Waals surface area (Å²) in [6, 6.07) is 0. The normalized spacial score (nSPS) is 11.4. The van der Waals surface area contributed by atoms with Crippen LogP contribution in [0, 0.1) is 5.41 Å². The molecule has 4 nitrogen and oxygen atoms in total. The van der Waals surface area contributed by atoms with E-state index in [0.717, 1.165) is 6.54 Å². The van der Waals surface area contributed by atoms with Gasteiger partial charge in [0, 0.05) is 6.54 Å². The Morgan fingerprint density at radius 3 is 2.71 bits per heavy atom. The first kappa shape index (κ1) is 11.0. The van der Waals surface area contributed by atoms with Crippen LogP contribution in [0.5, 0.6) is 0 Å². The topological polar surface area (TPSA) is 63.8 Å². The van der Waals surface area contributed by atoms with Gasteiger partial charge in [0.05, 0.1) is 11.9 Å². The summed E-state index contributed by atoms with van der Waals surface area (Å²) in [5, 5.41) is 3.34. The highest BCUT2D eigenvalue weighted by atomic mass is 35.5. The predicted octanol–water partition coefficient (Wildman–Crippen LogP) is 2.17. The summed E-state index contributed by atoms with van der Waals surface area (Å²) in [6.45, 7) is 7.15. The van der Waals surface area contributed by atoms with Gasteiger partial charge in [-0.2, -0.15) is 4.98 Å². The fraction of sp³-hybridized carbons (Fsp3) is 0.556. The van der Waals surface area contributed by atoms with Gasteiger partial charge in [-0.1, -0.05) is 20.8 Å². The lowest BCUT2D eigenvalue weighted by Crippen LogP contribution is -2.20. The van der Waals surface area contributed by atoms with Crippen molar-refractivity contribution in [3.63, 3.8) is 0 Å². The first-order valence-electron chi connectivity index (χ1n) is 4.40. The van der Waals surface area contributed by atoms with Crippen molar-refractivity contribution in [1.82, 2.24) is 9.97 Å². The van der Waals surface area contributed by atoms with Crippen molar-refractivity contribution in [3.05, 3.63) is 11.5 Å². The number of nitrogens with two attached hydrogens (primary N) is 1. The van der Waals surface area contributed by atoms with Gasteiger partial charge in [-0.3, -0.25) is 0 Å². The summed E-state index contributed by atoms with van der Waals surface area (Å²) >= 11 is 5.65. The number of hydrogen-bond donors (Lipinski definition) is 2. The lowest BCUT2D eigenvalue weighted by Gasteiger charge is -2.19. The van der Waals surface area contributed by atoms with Crippen LogP contribution in [0.1, 0.15) is 20.8 Å². The summed E-state index contributed by atoms with van der Waals surface area (Å²) in [6.07, 6.45) is 1.50. The summed E-state index contributed by atoms with van der Waals surface area (Å²) in [4.78, 5) is 7.77. The van der Waals surface area contributed by atoms with Crippen LogP contribution in [0.15, 0.2) is 6.20 Å². The number of nitrogens with one attached hydrogen (secondary N) is 1. The zero-order valence-electron chi connectivity index (χ0n) is 8.63. The minimum absolute atomic E-state index is 0.171. The van der Waals surface area contributed by atoms with E-state index in [0.29, 0.717) is 11.5 Å². The molecule has 0 aromatic carbocycles. The maximum absolute atomic E-state index is 5.67. The fourth-order valence-electron chi connectivity index (χ4n) is 0.860. The molecule has 5 heteroatoms. The lowest BCUT2D eigenvalue weighted by molar-refractivity contribution is 0.442. The number of nitrogen functional groups attached to an aromatic ring is 1. The van der Waals surface area contributed by atoms with Gasteiger partial charge in [0.25, 0.3) is 0 Å². The average Bonchev–Trinajstić information content (AvgIpc) is 2.05. The highest BCUT2D eigenvalue weighted by Gasteiger charge is 2.11. The molecular formula is C9H15ClN4. The second kappa shape index (κ2) is 4.00. The molecule has 0 aliphatic heterocycles. The maximum Gasteiger partial charge on any atom is 0.224 e. The molecule has 0 unspecified atom stereocenters. The van der Waals surface area contributed by atoms with E-state index in [9.17, 15) is 0 Å². The molecule has 0 bridgehead atoms. The first-order chi connectivity index (χ1) is 6.38. The lowest BCUT2D eigenvalue weighted by atomic mass is 9.97. The van der Waals surface area contributed by atoms with E-state index >= 15 is 0 Å². The second-order valence-electron chi connectivity index (χ2n) is 4.36. The van der Waals surface area contributed by atoms with Gasteiger partial charge >= 0.3 is 0 Å². The average molecular weight is 215 g/mol. The molecule has 14 heavy (non-hydrogen) atoms. The third kappa shape index (κ3) is 3.38. The Bertz CT molecular complexity index is 319. The molecule has 0 saturated heterocycles. The number of anilines is 2. The molecule has 0 aliphatic rings. The molecule has 0 aliphatic carbocycles. The Balaban J connectivity index is 2.72. The molecule has 0 amide bonds. The number of aromatic nitrogens is 2. The van der Waals surface area contributed by atoms with Gasteiger partial charge in [0.1, 0.15) is 0 Å². The fourth-order valence-corrected chi connectivity index (χ4v) is 0.993. The minimum atomic E-state index is 0.171. The number of rotatable bonds is 2. The van der Waals surface area contributed by atoms with E-state index in [4.69, 9.17) is 17.3 Å². The van der Waals surface area contributed by atoms with Crippen molar-refractivity contribution in [2.45, 2.75) is 20.8 Å².